The van der Waals surface area contributed by atoms with E-state index in [1.165, 1.54) is 7.11 Å². The van der Waals surface area contributed by atoms with Crippen molar-refractivity contribution in [1.82, 2.24) is 20.9 Å². The van der Waals surface area contributed by atoms with Crippen molar-refractivity contribution in [2.45, 2.75) is 57.8 Å². The van der Waals surface area contributed by atoms with Gasteiger partial charge in [-0.2, -0.15) is 0 Å². The molecule has 0 saturated carbocycles. The molecule has 3 aromatic rings. The van der Waals surface area contributed by atoms with Crippen LogP contribution in [0.25, 0.3) is 11.1 Å². The number of hydrogen-bond acceptors (Lipinski definition) is 9. The monoisotopic (exact) mass is 760 g/mol. The summed E-state index contributed by atoms with van der Waals surface area (Å²) in [6.07, 6.45) is 0.0547. The molecule has 6 amide bonds. The van der Waals surface area contributed by atoms with E-state index in [-0.39, 0.29) is 70.9 Å². The van der Waals surface area contributed by atoms with Crippen molar-refractivity contribution in [1.29, 1.82) is 0 Å². The highest BCUT2D eigenvalue weighted by molar-refractivity contribution is 5.98. The molecule has 0 aliphatic heterocycles. The zero-order valence-electron chi connectivity index (χ0n) is 31.5. The number of carbonyl (C=O) groups excluding carboxylic acids is 5. The molecule has 0 unspecified atom stereocenters. The van der Waals surface area contributed by atoms with Gasteiger partial charge in [0.25, 0.3) is 0 Å². The van der Waals surface area contributed by atoms with Crippen molar-refractivity contribution in [3.63, 3.8) is 0 Å². The van der Waals surface area contributed by atoms with Gasteiger partial charge in [-0.3, -0.25) is 19.3 Å². The Bertz CT molecular complexity index is 1710. The maximum absolute atomic E-state index is 13.4. The van der Waals surface area contributed by atoms with Gasteiger partial charge in [0.1, 0.15) is 12.1 Å². The second kappa shape index (κ2) is 21.4. The maximum atomic E-state index is 13.4. The first kappa shape index (κ1) is 42.2. The van der Waals surface area contributed by atoms with Gasteiger partial charge < -0.3 is 46.3 Å². The molecule has 0 aromatic heterocycles. The molecular weight excluding hydrogens is 708 g/mol. The first-order valence-electron chi connectivity index (χ1n) is 18.4. The smallest absolute Gasteiger partial charge is 0.410 e. The number of ether oxygens (including phenoxy) is 3. The van der Waals surface area contributed by atoms with Crippen molar-refractivity contribution in [2.24, 2.45) is 11.7 Å². The van der Waals surface area contributed by atoms with Crippen LogP contribution >= 0.6 is 0 Å². The second-order valence-electron chi connectivity index (χ2n) is 13.3. The third kappa shape index (κ3) is 12.3. The lowest BCUT2D eigenvalue weighted by atomic mass is 10.0. The summed E-state index contributed by atoms with van der Waals surface area (Å²) in [5.41, 5.74) is 10.5. The number of amides is 6. The van der Waals surface area contributed by atoms with E-state index in [0.717, 1.165) is 22.3 Å². The molecule has 1 aliphatic rings. The Morgan fingerprint density at radius 2 is 1.44 bits per heavy atom. The standard InChI is InChI=1S/C40H52N6O9/c1-26(2)35(38(50)44-33(13-8-19-42-39(41)51)37(49)43-28-16-14-27(25-47)15-17-28)45-34(48)18-21-54-23-24-55-22-20-46(40(52)53-3)36-31-11-6-4-9-29(31)30-10-5-7-12-32(30)36/h4-7,9-12,14-17,26,33,35-36,47H,8,13,18-25H2,1-3H3,(H,43,49)(H,44,50)(H,45,48)(H3,41,42,51)/t33-,35-/m0/s1. The second-order valence-corrected chi connectivity index (χ2v) is 13.3. The molecule has 15 heteroatoms. The van der Waals surface area contributed by atoms with Crippen LogP contribution < -0.4 is 27.0 Å². The molecule has 0 radical (unpaired) electrons. The largest absolute Gasteiger partial charge is 0.453 e. The minimum atomic E-state index is -0.981. The van der Waals surface area contributed by atoms with Gasteiger partial charge in [-0.1, -0.05) is 74.5 Å². The fraction of sp³-hybridized carbons (Fsp3) is 0.425. The van der Waals surface area contributed by atoms with Crippen LogP contribution in [0.3, 0.4) is 0 Å². The number of nitrogens with one attached hydrogen (secondary N) is 4. The van der Waals surface area contributed by atoms with E-state index in [4.69, 9.17) is 19.9 Å². The molecule has 0 fully saturated rings. The number of rotatable bonds is 21. The molecule has 3 aromatic carbocycles. The molecular formula is C40H52N6O9. The fourth-order valence-electron chi connectivity index (χ4n) is 6.31. The van der Waals surface area contributed by atoms with Gasteiger partial charge in [0.2, 0.25) is 17.7 Å². The van der Waals surface area contributed by atoms with Crippen LogP contribution in [0, 0.1) is 5.92 Å². The van der Waals surface area contributed by atoms with Gasteiger partial charge in [-0.25, -0.2) is 9.59 Å². The lowest BCUT2D eigenvalue weighted by Gasteiger charge is -2.29. The first-order chi connectivity index (χ1) is 26.5. The number of primary amides is 1. The molecule has 0 saturated heterocycles. The Kier molecular flexibility index (Phi) is 16.4. The predicted molar refractivity (Wildman–Crippen MR) is 206 cm³/mol. The molecule has 296 valence electrons. The zero-order valence-corrected chi connectivity index (χ0v) is 31.5. The number of nitrogens with two attached hydrogens (primary N) is 1. The van der Waals surface area contributed by atoms with Crippen LogP contribution in [0.5, 0.6) is 0 Å². The van der Waals surface area contributed by atoms with E-state index < -0.39 is 41.9 Å². The minimum Gasteiger partial charge on any atom is -0.453 e. The summed E-state index contributed by atoms with van der Waals surface area (Å²) in [6.45, 7) is 4.65. The Labute approximate surface area is 321 Å². The zero-order chi connectivity index (χ0) is 39.7. The molecule has 7 N–H and O–H groups in total. The average Bonchev–Trinajstić information content (AvgIpc) is 3.51. The quantitative estimate of drug-likeness (QED) is 0.0878. The number of fused-ring (bicyclic) bond motifs is 3. The van der Waals surface area contributed by atoms with Crippen molar-refractivity contribution in [3.05, 3.63) is 89.5 Å². The number of anilines is 1. The van der Waals surface area contributed by atoms with Crippen molar-refractivity contribution < 1.29 is 43.3 Å². The van der Waals surface area contributed by atoms with Crippen molar-refractivity contribution in [2.75, 3.05) is 51.9 Å². The number of hydrogen-bond donors (Lipinski definition) is 6. The van der Waals surface area contributed by atoms with Crippen LogP contribution in [0.15, 0.2) is 72.8 Å². The number of methoxy groups -OCH3 is 1. The minimum absolute atomic E-state index is 0.0142. The molecule has 4 rings (SSSR count). The van der Waals surface area contributed by atoms with Crippen LogP contribution in [0.2, 0.25) is 0 Å². The van der Waals surface area contributed by atoms with Gasteiger partial charge in [0.15, 0.2) is 0 Å². The highest BCUT2D eigenvalue weighted by Gasteiger charge is 2.35. The summed E-state index contributed by atoms with van der Waals surface area (Å²) in [5.74, 6) is -1.74. The normalized spacial score (nSPS) is 12.9. The summed E-state index contributed by atoms with van der Waals surface area (Å²) in [6, 6.07) is 19.7. The molecule has 2 atom stereocenters. The van der Waals surface area contributed by atoms with E-state index >= 15 is 0 Å². The SMILES string of the molecule is COC(=O)N(CCOCCOCCC(=O)N[C@H](C(=O)N[C@@H](CCCNC(N)=O)C(=O)Nc1ccc(CO)cc1)C(C)C)C1c2ccccc2-c2ccccc21. The Balaban J connectivity index is 1.21. The maximum Gasteiger partial charge on any atom is 0.410 e. The molecule has 1 aliphatic carbocycles. The molecule has 0 bridgehead atoms. The predicted octanol–water partition coefficient (Wildman–Crippen LogP) is 3.45. The Morgan fingerprint density at radius 3 is 2.02 bits per heavy atom. The van der Waals surface area contributed by atoms with Gasteiger partial charge in [0.05, 0.1) is 46.2 Å². The Hall–Kier alpha value is -5.51. The molecule has 0 spiro atoms. The van der Waals surface area contributed by atoms with Crippen LogP contribution in [-0.4, -0.2) is 98.6 Å². The Morgan fingerprint density at radius 1 is 0.818 bits per heavy atom. The van der Waals surface area contributed by atoms with Crippen molar-refractivity contribution in [3.8, 4) is 11.1 Å². The lowest BCUT2D eigenvalue weighted by Crippen LogP contribution is -2.54. The summed E-state index contributed by atoms with van der Waals surface area (Å²) in [7, 11) is 1.36. The third-order valence-electron chi connectivity index (χ3n) is 9.12. The van der Waals surface area contributed by atoms with Gasteiger partial charge in [-0.15, -0.1) is 0 Å². The topological polar surface area (TPSA) is 211 Å². The van der Waals surface area contributed by atoms with Crippen LogP contribution in [-0.2, 0) is 35.2 Å². The number of aliphatic hydroxyl groups is 1. The van der Waals surface area contributed by atoms with Gasteiger partial charge >= 0.3 is 12.1 Å². The van der Waals surface area contributed by atoms with Gasteiger partial charge in [-0.05, 0) is 58.7 Å². The third-order valence-corrected chi connectivity index (χ3v) is 9.12. The van der Waals surface area contributed by atoms with E-state index in [0.29, 0.717) is 17.7 Å². The highest BCUT2D eigenvalue weighted by atomic mass is 16.5. The molecule has 55 heavy (non-hydrogen) atoms. The highest BCUT2D eigenvalue weighted by Crippen LogP contribution is 2.46. The molecule has 0 heterocycles. The summed E-state index contributed by atoms with van der Waals surface area (Å²) in [5, 5.41) is 20.0. The number of benzene rings is 3. The van der Waals surface area contributed by atoms with Crippen molar-refractivity contribution >= 4 is 35.5 Å². The van der Waals surface area contributed by atoms with E-state index in [1.807, 2.05) is 48.5 Å². The number of nitrogens with zero attached hydrogens (tertiary/aromatic N) is 1. The number of carbonyl (C=O) groups is 5. The van der Waals surface area contributed by atoms with Crippen LogP contribution in [0.4, 0.5) is 15.3 Å². The van der Waals surface area contributed by atoms with Gasteiger partial charge in [0, 0.05) is 25.2 Å². The summed E-state index contributed by atoms with van der Waals surface area (Å²) in [4.78, 5) is 65.1. The number of aliphatic hydroxyl groups excluding tert-OH is 1. The summed E-state index contributed by atoms with van der Waals surface area (Å²) >= 11 is 0. The van der Waals surface area contributed by atoms with E-state index in [2.05, 4.69) is 21.3 Å². The fourth-order valence-corrected chi connectivity index (χ4v) is 6.31. The van der Waals surface area contributed by atoms with Crippen LogP contribution in [0.1, 0.15) is 55.8 Å². The molecule has 15 nitrogen and oxygen atoms in total. The van der Waals surface area contributed by atoms with E-state index in [1.54, 1.807) is 43.0 Å². The number of urea groups is 1. The van der Waals surface area contributed by atoms with E-state index in [9.17, 15) is 29.1 Å². The average molecular weight is 761 g/mol. The summed E-state index contributed by atoms with van der Waals surface area (Å²) < 4.78 is 16.5. The first-order valence-corrected chi connectivity index (χ1v) is 18.4. The lowest BCUT2D eigenvalue weighted by molar-refractivity contribution is -0.132.